The highest BCUT2D eigenvalue weighted by Gasteiger charge is 2.53. The number of ether oxygens (including phenoxy) is 2. The van der Waals surface area contributed by atoms with Crippen LogP contribution in [0.25, 0.3) is 0 Å². The third-order valence-corrected chi connectivity index (χ3v) is 5.62. The quantitative estimate of drug-likeness (QED) is 0.861. The number of anilines is 2. The van der Waals surface area contributed by atoms with Crippen molar-refractivity contribution in [2.24, 2.45) is 5.41 Å². The van der Waals surface area contributed by atoms with Crippen molar-refractivity contribution >= 4 is 23.3 Å². The zero-order chi connectivity index (χ0) is 17.3. The van der Waals surface area contributed by atoms with Crippen molar-refractivity contribution in [2.45, 2.75) is 25.0 Å². The lowest BCUT2D eigenvalue weighted by Gasteiger charge is -2.55. The smallest absolute Gasteiger partial charge is 0.415 e. The molecule has 1 aromatic rings. The standard InChI is InChI=1S/C17H17FN2O5/c18-10-1-12-14(24-6-13-15(5-21)25-16(23)20(12)13)2-11(10)19-7-17(8-19)3-9(22)4-17/h1-2,13,15,21H,3-8H2/t13-,15-/m0/s1. The number of nitrogens with zero attached hydrogens (tertiary/aromatic N) is 2. The maximum atomic E-state index is 14.7. The zero-order valence-corrected chi connectivity index (χ0v) is 13.4. The van der Waals surface area contributed by atoms with Gasteiger partial charge in [0.15, 0.2) is 6.10 Å². The predicted molar refractivity (Wildman–Crippen MR) is 84.4 cm³/mol. The maximum absolute atomic E-state index is 14.7. The fraction of sp³-hybridized carbons (Fsp3) is 0.529. The summed E-state index contributed by atoms with van der Waals surface area (Å²) < 4.78 is 25.5. The van der Waals surface area contributed by atoms with E-state index in [9.17, 15) is 19.1 Å². The van der Waals surface area contributed by atoms with Crippen molar-refractivity contribution in [2.75, 3.05) is 36.1 Å². The molecular weight excluding hydrogens is 331 g/mol. The number of carbonyl (C=O) groups is 2. The minimum Gasteiger partial charge on any atom is -0.489 e. The average Bonchev–Trinajstić information content (AvgIpc) is 2.86. The molecule has 1 aromatic carbocycles. The molecular formula is C17H17FN2O5. The summed E-state index contributed by atoms with van der Waals surface area (Å²) in [6, 6.07) is 2.44. The van der Waals surface area contributed by atoms with Crippen LogP contribution < -0.4 is 14.5 Å². The van der Waals surface area contributed by atoms with E-state index in [1.807, 2.05) is 4.90 Å². The Morgan fingerprint density at radius 2 is 2.00 bits per heavy atom. The number of amides is 1. The number of cyclic esters (lactones) is 1. The molecule has 7 nitrogen and oxygen atoms in total. The van der Waals surface area contributed by atoms with Crippen molar-refractivity contribution in [3.05, 3.63) is 17.9 Å². The van der Waals surface area contributed by atoms with Gasteiger partial charge in [0.05, 0.1) is 18.0 Å². The lowest BCUT2D eigenvalue weighted by atomic mass is 9.62. The lowest BCUT2D eigenvalue weighted by Crippen LogP contribution is -2.63. The number of rotatable bonds is 2. The van der Waals surface area contributed by atoms with Gasteiger partial charge >= 0.3 is 6.09 Å². The van der Waals surface area contributed by atoms with Gasteiger partial charge in [-0.2, -0.15) is 0 Å². The summed E-state index contributed by atoms with van der Waals surface area (Å²) in [6.45, 7) is 1.21. The van der Waals surface area contributed by atoms with Crippen LogP contribution in [0.3, 0.4) is 0 Å². The summed E-state index contributed by atoms with van der Waals surface area (Å²) in [5.74, 6) is 0.253. The second-order valence-corrected chi connectivity index (χ2v) is 7.37. The maximum Gasteiger partial charge on any atom is 0.415 e. The highest BCUT2D eigenvalue weighted by atomic mass is 19.1. The Morgan fingerprint density at radius 3 is 2.68 bits per heavy atom. The van der Waals surface area contributed by atoms with E-state index in [1.165, 1.54) is 11.0 Å². The van der Waals surface area contributed by atoms with Gasteiger partial charge in [0.2, 0.25) is 0 Å². The third-order valence-electron chi connectivity index (χ3n) is 5.62. The van der Waals surface area contributed by atoms with Crippen LogP contribution in [-0.4, -0.2) is 55.4 Å². The molecule has 1 aliphatic carbocycles. The van der Waals surface area contributed by atoms with Crippen molar-refractivity contribution in [1.29, 1.82) is 0 Å². The summed E-state index contributed by atoms with van der Waals surface area (Å²) in [4.78, 5) is 26.5. The van der Waals surface area contributed by atoms with Gasteiger partial charge in [-0.3, -0.25) is 9.69 Å². The molecule has 0 radical (unpaired) electrons. The monoisotopic (exact) mass is 348 g/mol. The number of aliphatic hydroxyl groups excluding tert-OH is 1. The number of benzene rings is 1. The number of hydrogen-bond donors (Lipinski definition) is 1. The van der Waals surface area contributed by atoms with Gasteiger partial charge in [0, 0.05) is 43.5 Å². The van der Waals surface area contributed by atoms with E-state index in [-0.39, 0.29) is 24.4 Å². The van der Waals surface area contributed by atoms with Gasteiger partial charge in [-0.15, -0.1) is 0 Å². The van der Waals surface area contributed by atoms with Crippen LogP contribution in [0.15, 0.2) is 12.1 Å². The van der Waals surface area contributed by atoms with Crippen LogP contribution in [0.2, 0.25) is 0 Å². The fourth-order valence-electron chi connectivity index (χ4n) is 4.38. The molecule has 1 N–H and O–H groups in total. The highest BCUT2D eigenvalue weighted by Crippen LogP contribution is 2.50. The van der Waals surface area contributed by atoms with Crippen LogP contribution in [0.1, 0.15) is 12.8 Å². The van der Waals surface area contributed by atoms with Crippen molar-refractivity contribution in [1.82, 2.24) is 0 Å². The summed E-state index contributed by atoms with van der Waals surface area (Å²) in [5, 5.41) is 9.31. The fourth-order valence-corrected chi connectivity index (χ4v) is 4.38. The Bertz CT molecular complexity index is 781. The molecule has 132 valence electrons. The topological polar surface area (TPSA) is 79.3 Å². The summed E-state index contributed by atoms with van der Waals surface area (Å²) in [7, 11) is 0. The van der Waals surface area contributed by atoms with E-state index >= 15 is 0 Å². The SMILES string of the molecule is O=C1CC2(C1)CN(c1cc3c(cc1F)N1C(=O)O[C@@H](CO)[C@@H]1CO3)C2. The molecule has 25 heavy (non-hydrogen) atoms. The van der Waals surface area contributed by atoms with Crippen LogP contribution >= 0.6 is 0 Å². The first-order valence-electron chi connectivity index (χ1n) is 8.33. The minimum absolute atomic E-state index is 0.0263. The van der Waals surface area contributed by atoms with Crippen molar-refractivity contribution in [3.8, 4) is 5.75 Å². The van der Waals surface area contributed by atoms with E-state index in [0.717, 1.165) is 0 Å². The first kappa shape index (κ1) is 14.9. The first-order chi connectivity index (χ1) is 12.0. The molecule has 2 atom stereocenters. The minimum atomic E-state index is -0.671. The molecule has 1 amide bonds. The molecule has 2 saturated heterocycles. The van der Waals surface area contributed by atoms with E-state index < -0.39 is 24.1 Å². The molecule has 0 bridgehead atoms. The van der Waals surface area contributed by atoms with Crippen molar-refractivity contribution in [3.63, 3.8) is 0 Å². The highest BCUT2D eigenvalue weighted by molar-refractivity contribution is 5.94. The third kappa shape index (κ3) is 2.00. The number of fused-ring (bicyclic) bond motifs is 3. The molecule has 0 aromatic heterocycles. The number of Topliss-reactive ketones (excluding diaryl/α,β-unsaturated/α-hetero) is 1. The number of ketones is 1. The van der Waals surface area contributed by atoms with Gasteiger partial charge < -0.3 is 19.5 Å². The Morgan fingerprint density at radius 1 is 1.24 bits per heavy atom. The van der Waals surface area contributed by atoms with E-state index in [4.69, 9.17) is 9.47 Å². The number of aliphatic hydroxyl groups is 1. The van der Waals surface area contributed by atoms with Crippen LogP contribution in [0.4, 0.5) is 20.6 Å². The molecule has 0 unspecified atom stereocenters. The average molecular weight is 348 g/mol. The van der Waals surface area contributed by atoms with E-state index in [2.05, 4.69) is 0 Å². The van der Waals surface area contributed by atoms with Crippen LogP contribution in [-0.2, 0) is 9.53 Å². The second-order valence-electron chi connectivity index (χ2n) is 7.37. The lowest BCUT2D eigenvalue weighted by molar-refractivity contribution is -0.134. The summed E-state index contributed by atoms with van der Waals surface area (Å²) in [6.07, 6.45) is -0.112. The number of carbonyl (C=O) groups excluding carboxylic acids is 2. The Balaban J connectivity index is 1.43. The van der Waals surface area contributed by atoms with E-state index in [1.54, 1.807) is 6.07 Å². The first-order valence-corrected chi connectivity index (χ1v) is 8.33. The number of hydrogen-bond acceptors (Lipinski definition) is 6. The van der Waals surface area contributed by atoms with Crippen molar-refractivity contribution < 1.29 is 28.6 Å². The molecule has 1 saturated carbocycles. The molecule has 3 aliphatic heterocycles. The Kier molecular flexibility index (Phi) is 2.90. The summed E-state index contributed by atoms with van der Waals surface area (Å²) >= 11 is 0. The molecule has 1 spiro atoms. The molecule has 5 rings (SSSR count). The predicted octanol–water partition coefficient (Wildman–Crippen LogP) is 1.07. The van der Waals surface area contributed by atoms with Gasteiger partial charge in [0.1, 0.15) is 30.0 Å². The Hall–Kier alpha value is -2.35. The van der Waals surface area contributed by atoms with Gasteiger partial charge in [-0.1, -0.05) is 0 Å². The van der Waals surface area contributed by atoms with Gasteiger partial charge in [-0.05, 0) is 0 Å². The van der Waals surface area contributed by atoms with Gasteiger partial charge in [0.25, 0.3) is 0 Å². The van der Waals surface area contributed by atoms with Crippen LogP contribution in [0.5, 0.6) is 5.75 Å². The molecule has 3 fully saturated rings. The molecule has 8 heteroatoms. The normalized spacial score (nSPS) is 28.7. The van der Waals surface area contributed by atoms with Gasteiger partial charge in [-0.25, -0.2) is 9.18 Å². The number of halogens is 1. The Labute approximate surface area is 142 Å². The van der Waals surface area contributed by atoms with E-state index in [0.29, 0.717) is 43.1 Å². The largest absolute Gasteiger partial charge is 0.489 e. The molecule has 3 heterocycles. The molecule has 4 aliphatic rings. The van der Waals surface area contributed by atoms with Crippen LogP contribution in [0, 0.1) is 11.2 Å². The summed E-state index contributed by atoms with van der Waals surface area (Å²) in [5.41, 5.74) is 0.777. The second kappa shape index (κ2) is 4.85. The zero-order valence-electron chi connectivity index (χ0n) is 13.4.